The normalized spacial score (nSPS) is 22.0. The Labute approximate surface area is 113 Å². The Morgan fingerprint density at radius 1 is 1.37 bits per heavy atom. The number of hydrogen-bond donors (Lipinski definition) is 2. The summed E-state index contributed by atoms with van der Waals surface area (Å²) in [6.45, 7) is 0.458. The fraction of sp³-hybridized carbons (Fsp3) is 0.462. The number of amides is 1. The molecule has 1 aromatic rings. The van der Waals surface area contributed by atoms with E-state index in [2.05, 4.69) is 5.32 Å². The van der Waals surface area contributed by atoms with Gasteiger partial charge in [-0.15, -0.1) is 0 Å². The molecular formula is C13H18N2O3S. The Morgan fingerprint density at radius 2 is 2.11 bits per heavy atom. The number of nitrogens with one attached hydrogen (secondary N) is 1. The molecule has 0 aliphatic carbocycles. The van der Waals surface area contributed by atoms with Gasteiger partial charge in [0.15, 0.2) is 9.84 Å². The first-order chi connectivity index (χ1) is 8.98. The maximum atomic E-state index is 11.5. The predicted molar refractivity (Wildman–Crippen MR) is 73.5 cm³/mol. The molecule has 1 aromatic carbocycles. The lowest BCUT2D eigenvalue weighted by Gasteiger charge is -2.23. The van der Waals surface area contributed by atoms with Gasteiger partial charge < -0.3 is 11.1 Å². The van der Waals surface area contributed by atoms with Crippen LogP contribution < -0.4 is 11.1 Å². The van der Waals surface area contributed by atoms with Crippen LogP contribution in [0.4, 0.5) is 0 Å². The van der Waals surface area contributed by atoms with Crippen LogP contribution >= 0.6 is 0 Å². The van der Waals surface area contributed by atoms with E-state index in [1.807, 2.05) is 12.1 Å². The third kappa shape index (κ3) is 3.78. The van der Waals surface area contributed by atoms with Crippen LogP contribution in [-0.4, -0.2) is 31.9 Å². The molecule has 0 aromatic heterocycles. The Kier molecular flexibility index (Phi) is 4.21. The van der Waals surface area contributed by atoms with Crippen LogP contribution in [0, 0.1) is 0 Å². The van der Waals surface area contributed by atoms with Crippen molar-refractivity contribution >= 4 is 15.7 Å². The van der Waals surface area contributed by atoms with E-state index < -0.39 is 15.7 Å². The average Bonchev–Trinajstić information content (AvgIpc) is 2.35. The second-order valence-electron chi connectivity index (χ2n) is 4.86. The molecule has 6 heteroatoms. The maximum absolute atomic E-state index is 11.5. The summed E-state index contributed by atoms with van der Waals surface area (Å²) in [7, 11) is -2.92. The minimum atomic E-state index is -2.92. The highest BCUT2D eigenvalue weighted by Crippen LogP contribution is 2.14. The summed E-state index contributed by atoms with van der Waals surface area (Å²) in [5, 5.41) is 3.20. The summed E-state index contributed by atoms with van der Waals surface area (Å²) in [4.78, 5) is 11.3. The number of hydrogen-bond acceptors (Lipinski definition) is 4. The van der Waals surface area contributed by atoms with Gasteiger partial charge in [0.05, 0.1) is 11.5 Å². The van der Waals surface area contributed by atoms with Crippen molar-refractivity contribution in [1.29, 1.82) is 0 Å². The lowest BCUT2D eigenvalue weighted by molar-refractivity contribution is 0.0999. The smallest absolute Gasteiger partial charge is 0.249 e. The SMILES string of the molecule is NC(=O)c1ccccc1CNC1CCCS(=O)(=O)C1. The number of sulfone groups is 1. The van der Waals surface area contributed by atoms with Crippen molar-refractivity contribution < 1.29 is 13.2 Å². The van der Waals surface area contributed by atoms with Crippen LogP contribution in [0.15, 0.2) is 24.3 Å². The van der Waals surface area contributed by atoms with Crippen LogP contribution in [0.2, 0.25) is 0 Å². The molecule has 0 saturated carbocycles. The van der Waals surface area contributed by atoms with Gasteiger partial charge in [-0.25, -0.2) is 8.42 Å². The van der Waals surface area contributed by atoms with Crippen molar-refractivity contribution in [3.8, 4) is 0 Å². The molecule has 0 radical (unpaired) electrons. The molecule has 1 fully saturated rings. The van der Waals surface area contributed by atoms with Gasteiger partial charge in [0.25, 0.3) is 0 Å². The molecule has 5 nitrogen and oxygen atoms in total. The summed E-state index contributed by atoms with van der Waals surface area (Å²) in [6.07, 6.45) is 1.54. The molecule has 1 heterocycles. The highest BCUT2D eigenvalue weighted by molar-refractivity contribution is 7.91. The van der Waals surface area contributed by atoms with Crippen LogP contribution in [-0.2, 0) is 16.4 Å². The van der Waals surface area contributed by atoms with Crippen LogP contribution in [0.3, 0.4) is 0 Å². The summed E-state index contributed by atoms with van der Waals surface area (Å²) < 4.78 is 23.1. The molecule has 2 rings (SSSR count). The van der Waals surface area contributed by atoms with E-state index >= 15 is 0 Å². The molecule has 1 unspecified atom stereocenters. The summed E-state index contributed by atoms with van der Waals surface area (Å²) >= 11 is 0. The summed E-state index contributed by atoms with van der Waals surface area (Å²) in [6, 6.07) is 7.05. The lowest BCUT2D eigenvalue weighted by Crippen LogP contribution is -2.40. The van der Waals surface area contributed by atoms with Gasteiger partial charge in [-0.1, -0.05) is 18.2 Å². The first kappa shape index (κ1) is 14.0. The number of rotatable bonds is 4. The molecule has 1 saturated heterocycles. The molecule has 1 atom stereocenters. The van der Waals surface area contributed by atoms with Crippen molar-refractivity contribution in [3.05, 3.63) is 35.4 Å². The molecule has 1 aliphatic rings. The van der Waals surface area contributed by atoms with Gasteiger partial charge in [0.2, 0.25) is 5.91 Å². The topological polar surface area (TPSA) is 89.3 Å². The fourth-order valence-electron chi connectivity index (χ4n) is 2.35. The van der Waals surface area contributed by atoms with Gasteiger partial charge in [-0.2, -0.15) is 0 Å². The monoisotopic (exact) mass is 282 g/mol. The van der Waals surface area contributed by atoms with E-state index in [1.165, 1.54) is 0 Å². The quantitative estimate of drug-likeness (QED) is 0.839. The Hall–Kier alpha value is -1.40. The van der Waals surface area contributed by atoms with E-state index in [-0.39, 0.29) is 17.5 Å². The number of carbonyl (C=O) groups is 1. The molecule has 1 amide bonds. The second-order valence-corrected chi connectivity index (χ2v) is 7.08. The maximum Gasteiger partial charge on any atom is 0.249 e. The van der Waals surface area contributed by atoms with E-state index in [9.17, 15) is 13.2 Å². The summed E-state index contributed by atoms with van der Waals surface area (Å²) in [5.41, 5.74) is 6.59. The van der Waals surface area contributed by atoms with E-state index in [0.29, 0.717) is 18.5 Å². The average molecular weight is 282 g/mol. The largest absolute Gasteiger partial charge is 0.366 e. The molecular weight excluding hydrogens is 264 g/mol. The zero-order valence-corrected chi connectivity index (χ0v) is 11.4. The third-order valence-corrected chi connectivity index (χ3v) is 5.15. The zero-order valence-electron chi connectivity index (χ0n) is 10.6. The molecule has 1 aliphatic heterocycles. The molecule has 19 heavy (non-hydrogen) atoms. The molecule has 0 spiro atoms. The summed E-state index contributed by atoms with van der Waals surface area (Å²) in [5.74, 6) is -0.0110. The van der Waals surface area contributed by atoms with E-state index in [4.69, 9.17) is 5.73 Å². The number of benzene rings is 1. The standard InChI is InChI=1S/C13H18N2O3S/c14-13(16)12-6-2-1-4-10(12)8-15-11-5-3-7-19(17,18)9-11/h1-2,4,6,11,15H,3,5,7-9H2,(H2,14,16). The second kappa shape index (κ2) is 5.71. The number of carbonyl (C=O) groups excluding carboxylic acids is 1. The van der Waals surface area contributed by atoms with Crippen molar-refractivity contribution in [3.63, 3.8) is 0 Å². The van der Waals surface area contributed by atoms with Gasteiger partial charge in [-0.05, 0) is 24.5 Å². The van der Waals surface area contributed by atoms with Crippen molar-refractivity contribution in [2.24, 2.45) is 5.73 Å². The number of primary amides is 1. The Morgan fingerprint density at radius 3 is 2.79 bits per heavy atom. The van der Waals surface area contributed by atoms with Crippen LogP contribution in [0.25, 0.3) is 0 Å². The Balaban J connectivity index is 2.01. The van der Waals surface area contributed by atoms with E-state index in [0.717, 1.165) is 12.0 Å². The highest BCUT2D eigenvalue weighted by atomic mass is 32.2. The van der Waals surface area contributed by atoms with Crippen molar-refractivity contribution in [1.82, 2.24) is 5.32 Å². The van der Waals surface area contributed by atoms with Gasteiger partial charge in [0, 0.05) is 18.2 Å². The zero-order chi connectivity index (χ0) is 13.9. The third-order valence-electron chi connectivity index (χ3n) is 3.33. The van der Waals surface area contributed by atoms with Crippen molar-refractivity contribution in [2.45, 2.75) is 25.4 Å². The minimum absolute atomic E-state index is 0.0420. The highest BCUT2D eigenvalue weighted by Gasteiger charge is 2.24. The first-order valence-corrected chi connectivity index (χ1v) is 8.11. The predicted octanol–water partition coefficient (Wildman–Crippen LogP) is 0.452. The van der Waals surface area contributed by atoms with E-state index in [1.54, 1.807) is 12.1 Å². The van der Waals surface area contributed by atoms with Crippen LogP contribution in [0.1, 0.15) is 28.8 Å². The lowest BCUT2D eigenvalue weighted by atomic mass is 10.1. The molecule has 0 bridgehead atoms. The number of nitrogens with two attached hydrogens (primary N) is 1. The van der Waals surface area contributed by atoms with Gasteiger partial charge in [-0.3, -0.25) is 4.79 Å². The van der Waals surface area contributed by atoms with Crippen LogP contribution in [0.5, 0.6) is 0 Å². The van der Waals surface area contributed by atoms with Gasteiger partial charge >= 0.3 is 0 Å². The van der Waals surface area contributed by atoms with Crippen molar-refractivity contribution in [2.75, 3.05) is 11.5 Å². The Bertz CT molecular complexity index is 569. The first-order valence-electron chi connectivity index (χ1n) is 6.29. The van der Waals surface area contributed by atoms with Gasteiger partial charge in [0.1, 0.15) is 0 Å². The molecule has 104 valence electrons. The fourth-order valence-corrected chi connectivity index (χ4v) is 4.02. The minimum Gasteiger partial charge on any atom is -0.366 e. The molecule has 3 N–H and O–H groups in total.